The van der Waals surface area contributed by atoms with Crippen LogP contribution in [0.2, 0.25) is 5.15 Å². The predicted octanol–water partition coefficient (Wildman–Crippen LogP) is 3.07. The number of hydrogen-bond acceptors (Lipinski definition) is 2. The van der Waals surface area contributed by atoms with Gasteiger partial charge in [-0.1, -0.05) is 11.6 Å². The van der Waals surface area contributed by atoms with Gasteiger partial charge >= 0.3 is 0 Å². The summed E-state index contributed by atoms with van der Waals surface area (Å²) in [6.07, 6.45) is 6.07. The maximum absolute atomic E-state index is 13.7. The zero-order valence-corrected chi connectivity index (χ0v) is 9.91. The Hall–Kier alpha value is -1.42. The quantitative estimate of drug-likeness (QED) is 0.730. The molecule has 0 amide bonds. The standard InChI is InChI=1S/C12H11ClFN3/c13-12-5-8(10(14)7-15-12)9-6-16-17-4-2-1-3-11(9)17/h5-7H,1-4H2. The number of pyridine rings is 1. The smallest absolute Gasteiger partial charge is 0.149 e. The van der Waals surface area contributed by atoms with E-state index in [2.05, 4.69) is 10.1 Å². The second-order valence-electron chi connectivity index (χ2n) is 4.17. The van der Waals surface area contributed by atoms with Crippen LogP contribution in [0.3, 0.4) is 0 Å². The highest BCUT2D eigenvalue weighted by molar-refractivity contribution is 6.29. The van der Waals surface area contributed by atoms with Crippen molar-refractivity contribution < 1.29 is 4.39 Å². The molecule has 0 N–H and O–H groups in total. The van der Waals surface area contributed by atoms with E-state index in [4.69, 9.17) is 11.6 Å². The average molecular weight is 252 g/mol. The minimum absolute atomic E-state index is 0.303. The van der Waals surface area contributed by atoms with Crippen molar-refractivity contribution in [2.75, 3.05) is 0 Å². The molecule has 0 saturated carbocycles. The maximum Gasteiger partial charge on any atom is 0.149 e. The summed E-state index contributed by atoms with van der Waals surface area (Å²) in [6, 6.07) is 1.56. The minimum atomic E-state index is -0.351. The second kappa shape index (κ2) is 4.11. The first-order valence-corrected chi connectivity index (χ1v) is 5.99. The topological polar surface area (TPSA) is 30.7 Å². The van der Waals surface area contributed by atoms with E-state index in [9.17, 15) is 4.39 Å². The van der Waals surface area contributed by atoms with Gasteiger partial charge in [0.1, 0.15) is 11.0 Å². The van der Waals surface area contributed by atoms with E-state index in [1.807, 2.05) is 4.68 Å². The van der Waals surface area contributed by atoms with Gasteiger partial charge < -0.3 is 0 Å². The van der Waals surface area contributed by atoms with Crippen molar-refractivity contribution in [1.82, 2.24) is 14.8 Å². The second-order valence-corrected chi connectivity index (χ2v) is 4.56. The number of hydrogen-bond donors (Lipinski definition) is 0. The largest absolute Gasteiger partial charge is 0.269 e. The summed E-state index contributed by atoms with van der Waals surface area (Å²) >= 11 is 5.81. The van der Waals surface area contributed by atoms with Crippen molar-refractivity contribution in [2.24, 2.45) is 0 Å². The molecule has 1 aliphatic rings. The van der Waals surface area contributed by atoms with Crippen molar-refractivity contribution in [1.29, 1.82) is 0 Å². The SMILES string of the molecule is Fc1cnc(Cl)cc1-c1cnn2c1CCCC2. The van der Waals surface area contributed by atoms with Crippen LogP contribution in [0.4, 0.5) is 4.39 Å². The van der Waals surface area contributed by atoms with Crippen molar-refractivity contribution in [3.63, 3.8) is 0 Å². The Kier molecular flexibility index (Phi) is 2.59. The highest BCUT2D eigenvalue weighted by Gasteiger charge is 2.18. The fourth-order valence-corrected chi connectivity index (χ4v) is 2.42. The normalized spacial score (nSPS) is 14.7. The number of nitrogens with zero attached hydrogens (tertiary/aromatic N) is 3. The van der Waals surface area contributed by atoms with E-state index in [0.717, 1.165) is 43.3 Å². The van der Waals surface area contributed by atoms with Gasteiger partial charge in [0.25, 0.3) is 0 Å². The van der Waals surface area contributed by atoms with Gasteiger partial charge in [-0.2, -0.15) is 5.10 Å². The van der Waals surface area contributed by atoms with Gasteiger partial charge in [-0.3, -0.25) is 4.68 Å². The molecule has 3 heterocycles. The van der Waals surface area contributed by atoms with Crippen molar-refractivity contribution in [3.05, 3.63) is 35.1 Å². The molecule has 0 fully saturated rings. The molecule has 0 spiro atoms. The summed E-state index contributed by atoms with van der Waals surface area (Å²) in [5.74, 6) is -0.351. The fourth-order valence-electron chi connectivity index (χ4n) is 2.27. The van der Waals surface area contributed by atoms with Crippen LogP contribution in [0.15, 0.2) is 18.5 Å². The lowest BCUT2D eigenvalue weighted by Gasteiger charge is -2.14. The lowest BCUT2D eigenvalue weighted by Crippen LogP contribution is -2.11. The molecule has 0 aromatic carbocycles. The maximum atomic E-state index is 13.7. The number of fused-ring (bicyclic) bond motifs is 1. The predicted molar refractivity (Wildman–Crippen MR) is 63.4 cm³/mol. The van der Waals surface area contributed by atoms with Crippen LogP contribution in [-0.4, -0.2) is 14.8 Å². The molecule has 17 heavy (non-hydrogen) atoms. The summed E-state index contributed by atoms with van der Waals surface area (Å²) in [5.41, 5.74) is 2.43. The molecule has 5 heteroatoms. The molecule has 2 aromatic heterocycles. The average Bonchev–Trinajstić information content (AvgIpc) is 2.76. The van der Waals surface area contributed by atoms with Gasteiger partial charge in [0.2, 0.25) is 0 Å². The summed E-state index contributed by atoms with van der Waals surface area (Å²) in [7, 11) is 0. The number of aromatic nitrogens is 3. The Labute approximate surface area is 103 Å². The highest BCUT2D eigenvalue weighted by atomic mass is 35.5. The molecule has 88 valence electrons. The summed E-state index contributed by atoms with van der Waals surface area (Å²) in [5, 5.41) is 4.59. The van der Waals surface area contributed by atoms with E-state index in [1.54, 1.807) is 12.3 Å². The first-order chi connectivity index (χ1) is 8.25. The molecule has 0 radical (unpaired) electrons. The van der Waals surface area contributed by atoms with Crippen molar-refractivity contribution in [2.45, 2.75) is 25.8 Å². The molecule has 0 atom stereocenters. The van der Waals surface area contributed by atoms with Crippen LogP contribution in [0.5, 0.6) is 0 Å². The van der Waals surface area contributed by atoms with Crippen molar-refractivity contribution in [3.8, 4) is 11.1 Å². The van der Waals surface area contributed by atoms with Gasteiger partial charge in [-0.25, -0.2) is 9.37 Å². The molecule has 3 rings (SSSR count). The lowest BCUT2D eigenvalue weighted by molar-refractivity contribution is 0.486. The molecule has 1 aliphatic heterocycles. The van der Waals surface area contributed by atoms with E-state index in [0.29, 0.717) is 10.7 Å². The van der Waals surface area contributed by atoms with E-state index < -0.39 is 0 Å². The third-order valence-corrected chi connectivity index (χ3v) is 3.30. The lowest BCUT2D eigenvalue weighted by atomic mass is 10.0. The Morgan fingerprint density at radius 2 is 2.12 bits per heavy atom. The summed E-state index contributed by atoms with van der Waals surface area (Å²) < 4.78 is 15.7. The molecular formula is C12H11ClFN3. The first-order valence-electron chi connectivity index (χ1n) is 5.62. The van der Waals surface area contributed by atoms with E-state index in [-0.39, 0.29) is 5.82 Å². The van der Waals surface area contributed by atoms with Gasteiger partial charge in [0.15, 0.2) is 0 Å². The first kappa shape index (κ1) is 10.7. The van der Waals surface area contributed by atoms with Crippen LogP contribution in [0.1, 0.15) is 18.5 Å². The zero-order chi connectivity index (χ0) is 11.8. The van der Waals surface area contributed by atoms with Crippen LogP contribution < -0.4 is 0 Å². The van der Waals surface area contributed by atoms with E-state index in [1.165, 1.54) is 0 Å². The molecule has 3 nitrogen and oxygen atoms in total. The Morgan fingerprint density at radius 1 is 1.24 bits per heavy atom. The van der Waals surface area contributed by atoms with Gasteiger partial charge in [0.05, 0.1) is 12.4 Å². The number of rotatable bonds is 1. The van der Waals surface area contributed by atoms with E-state index >= 15 is 0 Å². The number of aryl methyl sites for hydroxylation is 1. The van der Waals surface area contributed by atoms with Crippen LogP contribution in [0, 0.1) is 5.82 Å². The van der Waals surface area contributed by atoms with Gasteiger partial charge in [-0.15, -0.1) is 0 Å². The molecule has 0 aliphatic carbocycles. The Bertz CT molecular complexity index is 565. The molecule has 0 bridgehead atoms. The monoisotopic (exact) mass is 251 g/mol. The Balaban J connectivity index is 2.15. The van der Waals surface area contributed by atoms with Gasteiger partial charge in [0, 0.05) is 23.4 Å². The summed E-state index contributed by atoms with van der Waals surface area (Å²) in [4.78, 5) is 3.72. The van der Waals surface area contributed by atoms with Crippen LogP contribution >= 0.6 is 11.6 Å². The highest BCUT2D eigenvalue weighted by Crippen LogP contribution is 2.30. The zero-order valence-electron chi connectivity index (χ0n) is 9.16. The third-order valence-electron chi connectivity index (χ3n) is 3.09. The minimum Gasteiger partial charge on any atom is -0.269 e. The number of halogens is 2. The van der Waals surface area contributed by atoms with Gasteiger partial charge in [-0.05, 0) is 25.3 Å². The molecule has 2 aromatic rings. The van der Waals surface area contributed by atoms with Crippen molar-refractivity contribution >= 4 is 11.6 Å². The summed E-state index contributed by atoms with van der Waals surface area (Å²) in [6.45, 7) is 0.912. The Morgan fingerprint density at radius 3 is 3.00 bits per heavy atom. The van der Waals surface area contributed by atoms with Crippen LogP contribution in [-0.2, 0) is 13.0 Å². The third kappa shape index (κ3) is 1.82. The fraction of sp³-hybridized carbons (Fsp3) is 0.333. The molecule has 0 saturated heterocycles. The molecule has 0 unspecified atom stereocenters. The van der Waals surface area contributed by atoms with Crippen LogP contribution in [0.25, 0.3) is 11.1 Å². The molecular weight excluding hydrogens is 241 g/mol.